The van der Waals surface area contributed by atoms with Gasteiger partial charge in [0.25, 0.3) is 0 Å². The molecule has 1 aromatic heterocycles. The van der Waals surface area contributed by atoms with Crippen LogP contribution >= 0.6 is 0 Å². The summed E-state index contributed by atoms with van der Waals surface area (Å²) in [6, 6.07) is 4.55. The fraction of sp³-hybridized carbons (Fsp3) is 0.550. The number of hydrogen-bond acceptors (Lipinski definition) is 10. The molecule has 3 heterocycles. The molecule has 164 valence electrons. The van der Waals surface area contributed by atoms with E-state index in [4.69, 9.17) is 18.6 Å². The summed E-state index contributed by atoms with van der Waals surface area (Å²) in [6.45, 7) is 2.80. The van der Waals surface area contributed by atoms with Crippen molar-refractivity contribution in [3.63, 3.8) is 0 Å². The Labute approximate surface area is 170 Å². The summed E-state index contributed by atoms with van der Waals surface area (Å²) in [5.41, 5.74) is -0.968. The van der Waals surface area contributed by atoms with Crippen LogP contribution in [0, 0.1) is 0 Å². The number of rotatable bonds is 4. The zero-order valence-corrected chi connectivity index (χ0v) is 16.4. The number of aliphatic hydroxyl groups excluding tert-OH is 4. The lowest BCUT2D eigenvalue weighted by molar-refractivity contribution is -0.329. The van der Waals surface area contributed by atoms with Gasteiger partial charge in [-0.25, -0.2) is 4.79 Å². The third-order valence-electron chi connectivity index (χ3n) is 5.62. The number of aromatic hydroxyl groups is 1. The molecule has 0 radical (unpaired) electrons. The Morgan fingerprint density at radius 2 is 1.90 bits per heavy atom. The van der Waals surface area contributed by atoms with Crippen molar-refractivity contribution in [1.29, 1.82) is 0 Å². The van der Waals surface area contributed by atoms with Crippen LogP contribution in [0.1, 0.15) is 19.4 Å². The minimum absolute atomic E-state index is 0.0227. The van der Waals surface area contributed by atoms with E-state index in [9.17, 15) is 30.3 Å². The molecule has 30 heavy (non-hydrogen) atoms. The topological polar surface area (TPSA) is 159 Å². The van der Waals surface area contributed by atoms with E-state index in [2.05, 4.69) is 0 Å². The van der Waals surface area contributed by atoms with Crippen LogP contribution in [0.4, 0.5) is 0 Å². The van der Waals surface area contributed by atoms with E-state index < -0.39 is 54.6 Å². The van der Waals surface area contributed by atoms with Gasteiger partial charge in [0.2, 0.25) is 5.75 Å². The van der Waals surface area contributed by atoms with E-state index in [0.717, 1.165) is 0 Å². The first-order valence-electron chi connectivity index (χ1n) is 9.56. The zero-order chi connectivity index (χ0) is 21.8. The molecule has 2 aliphatic rings. The van der Waals surface area contributed by atoms with Crippen molar-refractivity contribution in [3.05, 3.63) is 34.2 Å². The third-order valence-corrected chi connectivity index (χ3v) is 5.62. The summed E-state index contributed by atoms with van der Waals surface area (Å²) in [5, 5.41) is 50.5. The van der Waals surface area contributed by atoms with Crippen LogP contribution in [-0.2, 0) is 15.9 Å². The molecule has 10 nitrogen and oxygen atoms in total. The van der Waals surface area contributed by atoms with Crippen molar-refractivity contribution in [2.24, 2.45) is 0 Å². The first kappa shape index (κ1) is 21.0. The summed E-state index contributed by atoms with van der Waals surface area (Å²) >= 11 is 0. The molecule has 1 aromatic carbocycles. The average molecular weight is 424 g/mol. The van der Waals surface area contributed by atoms with Gasteiger partial charge in [0.15, 0.2) is 17.6 Å². The van der Waals surface area contributed by atoms with Crippen molar-refractivity contribution < 1.29 is 44.2 Å². The Hall–Kier alpha value is -2.21. The van der Waals surface area contributed by atoms with Gasteiger partial charge in [0, 0.05) is 23.4 Å². The van der Waals surface area contributed by atoms with E-state index in [1.54, 1.807) is 26.0 Å². The number of fused-ring (bicyclic) bond motifs is 2. The Morgan fingerprint density at radius 1 is 1.17 bits per heavy atom. The van der Waals surface area contributed by atoms with Crippen LogP contribution < -0.4 is 10.4 Å². The second-order valence-electron chi connectivity index (χ2n) is 8.12. The molecule has 0 spiro atoms. The van der Waals surface area contributed by atoms with Gasteiger partial charge in [-0.2, -0.15) is 0 Å². The van der Waals surface area contributed by atoms with Gasteiger partial charge < -0.3 is 44.2 Å². The fourth-order valence-corrected chi connectivity index (χ4v) is 3.83. The summed E-state index contributed by atoms with van der Waals surface area (Å²) in [4.78, 5) is 11.5. The van der Waals surface area contributed by atoms with Crippen LogP contribution in [0.25, 0.3) is 11.0 Å². The number of aliphatic hydroxyl groups is 4. The van der Waals surface area contributed by atoms with Crippen molar-refractivity contribution in [2.45, 2.75) is 62.7 Å². The minimum atomic E-state index is -1.56. The lowest BCUT2D eigenvalue weighted by Crippen LogP contribution is -2.61. The smallest absolute Gasteiger partial charge is 0.336 e. The fourth-order valence-electron chi connectivity index (χ4n) is 3.83. The summed E-state index contributed by atoms with van der Waals surface area (Å²) < 4.78 is 22.3. The zero-order valence-electron chi connectivity index (χ0n) is 16.4. The van der Waals surface area contributed by atoms with Gasteiger partial charge in [0.1, 0.15) is 36.1 Å². The van der Waals surface area contributed by atoms with Gasteiger partial charge in [-0.15, -0.1) is 0 Å². The molecule has 6 atom stereocenters. The highest BCUT2D eigenvalue weighted by Gasteiger charge is 2.48. The summed E-state index contributed by atoms with van der Waals surface area (Å²) in [5.74, 6) is -0.112. The van der Waals surface area contributed by atoms with Gasteiger partial charge in [-0.1, -0.05) is 0 Å². The number of benzene rings is 1. The first-order chi connectivity index (χ1) is 14.1. The highest BCUT2D eigenvalue weighted by atomic mass is 16.7. The molecule has 1 saturated heterocycles. The quantitative estimate of drug-likeness (QED) is 0.401. The first-order valence-corrected chi connectivity index (χ1v) is 9.56. The molecule has 0 unspecified atom stereocenters. The second-order valence-corrected chi connectivity index (χ2v) is 8.12. The highest BCUT2D eigenvalue weighted by molar-refractivity contribution is 5.86. The standard InChI is InChI=1S/C20H24O10/c1-20(2,30-19-15(25)14(24)13(23)10(7-21)27-19)11-6-9-5-8-3-4-12(22)29-17(8)16(26)18(9)28-11/h3-5,10-11,13-15,19,21,23-26H,6-7H2,1-2H3/t10-,11+,13-,14+,15-,19-/m1/s1. The average Bonchev–Trinajstić information content (AvgIpc) is 3.14. The molecule has 0 aliphatic carbocycles. The molecule has 5 N–H and O–H groups in total. The van der Waals surface area contributed by atoms with E-state index in [1.165, 1.54) is 6.07 Å². The third kappa shape index (κ3) is 3.45. The lowest BCUT2D eigenvalue weighted by atomic mass is 9.95. The SMILES string of the molecule is CC(C)(O[C@H]1O[C@H](CO)[C@@H](O)[C@H](O)[C@H]1O)[C@@H]1Cc2cc3ccc(=O)oc3c(O)c2O1. The molecule has 1 fully saturated rings. The largest absolute Gasteiger partial charge is 0.502 e. The Balaban J connectivity index is 1.57. The van der Waals surface area contributed by atoms with Crippen molar-refractivity contribution in [2.75, 3.05) is 6.61 Å². The molecule has 2 aromatic rings. The van der Waals surface area contributed by atoms with Crippen LogP contribution in [0.2, 0.25) is 0 Å². The molecule has 10 heteroatoms. The normalized spacial score (nSPS) is 31.5. The van der Waals surface area contributed by atoms with E-state index in [1.807, 2.05) is 0 Å². The summed E-state index contributed by atoms with van der Waals surface area (Å²) in [6.07, 6.45) is -7.28. The van der Waals surface area contributed by atoms with Crippen LogP contribution in [0.15, 0.2) is 27.4 Å². The monoisotopic (exact) mass is 424 g/mol. The Kier molecular flexibility index (Phi) is 5.25. The molecule has 4 rings (SSSR count). The number of ether oxygens (including phenoxy) is 3. The maximum Gasteiger partial charge on any atom is 0.336 e. The highest BCUT2D eigenvalue weighted by Crippen LogP contribution is 2.45. The van der Waals surface area contributed by atoms with Crippen LogP contribution in [-0.4, -0.2) is 74.6 Å². The van der Waals surface area contributed by atoms with E-state index in [-0.39, 0.29) is 17.1 Å². The molecular formula is C20H24O10. The number of hydrogen-bond donors (Lipinski definition) is 5. The van der Waals surface area contributed by atoms with Gasteiger partial charge >= 0.3 is 5.63 Å². The minimum Gasteiger partial charge on any atom is -0.502 e. The predicted molar refractivity (Wildman–Crippen MR) is 101 cm³/mol. The Morgan fingerprint density at radius 3 is 2.60 bits per heavy atom. The summed E-state index contributed by atoms with van der Waals surface area (Å²) in [7, 11) is 0. The molecule has 0 bridgehead atoms. The maximum atomic E-state index is 11.5. The maximum absolute atomic E-state index is 11.5. The number of phenolic OH excluding ortho intramolecular Hbond substituents is 1. The lowest BCUT2D eigenvalue weighted by Gasteiger charge is -2.43. The van der Waals surface area contributed by atoms with Crippen LogP contribution in [0.5, 0.6) is 11.5 Å². The second kappa shape index (κ2) is 7.49. The van der Waals surface area contributed by atoms with Crippen LogP contribution in [0.3, 0.4) is 0 Å². The van der Waals surface area contributed by atoms with E-state index in [0.29, 0.717) is 17.4 Å². The van der Waals surface area contributed by atoms with Gasteiger partial charge in [0.05, 0.1) is 6.61 Å². The molecule has 0 amide bonds. The van der Waals surface area contributed by atoms with Crippen molar-refractivity contribution >= 4 is 11.0 Å². The Bertz CT molecular complexity index is 997. The van der Waals surface area contributed by atoms with Gasteiger partial charge in [-0.05, 0) is 26.0 Å². The van der Waals surface area contributed by atoms with Crippen molar-refractivity contribution in [3.8, 4) is 11.5 Å². The van der Waals surface area contributed by atoms with Crippen molar-refractivity contribution in [1.82, 2.24) is 0 Å². The van der Waals surface area contributed by atoms with Gasteiger partial charge in [-0.3, -0.25) is 0 Å². The molecule has 2 aliphatic heterocycles. The number of phenols is 1. The van der Waals surface area contributed by atoms with E-state index >= 15 is 0 Å². The molecular weight excluding hydrogens is 400 g/mol. The molecule has 0 saturated carbocycles. The predicted octanol–water partition coefficient (Wildman–Crippen LogP) is -0.603.